The van der Waals surface area contributed by atoms with Crippen molar-refractivity contribution in [2.45, 2.75) is 24.9 Å². The first kappa shape index (κ1) is 23.1. The Morgan fingerprint density at radius 2 is 2.09 bits per heavy atom. The van der Waals surface area contributed by atoms with Gasteiger partial charge in [0.15, 0.2) is 0 Å². The maximum absolute atomic E-state index is 13.4. The molecule has 33 heavy (non-hydrogen) atoms. The Morgan fingerprint density at radius 1 is 1.30 bits per heavy atom. The van der Waals surface area contributed by atoms with Crippen molar-refractivity contribution < 1.29 is 19.2 Å². The highest BCUT2D eigenvalue weighted by molar-refractivity contribution is 6.35. The number of aromatic nitrogens is 1. The summed E-state index contributed by atoms with van der Waals surface area (Å²) in [5.41, 5.74) is 6.50. The molecule has 1 aromatic carbocycles. The summed E-state index contributed by atoms with van der Waals surface area (Å²) in [6, 6.07) is 5.27. The van der Waals surface area contributed by atoms with Crippen molar-refractivity contribution in [2.24, 2.45) is 11.7 Å². The van der Waals surface area contributed by atoms with Gasteiger partial charge in [-0.2, -0.15) is 0 Å². The molecular formula is C22H27ClN6O4. The fourth-order valence-electron chi connectivity index (χ4n) is 4.44. The van der Waals surface area contributed by atoms with Gasteiger partial charge in [0, 0.05) is 37.5 Å². The Hall–Kier alpha value is -3.11. The second-order valence-corrected chi connectivity index (χ2v) is 9.05. The van der Waals surface area contributed by atoms with Crippen LogP contribution in [0.1, 0.15) is 23.3 Å². The molecule has 1 aromatic heterocycles. The number of aromatic amines is 1. The van der Waals surface area contributed by atoms with Crippen LogP contribution < -0.4 is 16.4 Å². The van der Waals surface area contributed by atoms with Gasteiger partial charge < -0.3 is 31.2 Å². The Labute approximate surface area is 195 Å². The summed E-state index contributed by atoms with van der Waals surface area (Å²) in [4.78, 5) is 57.0. The van der Waals surface area contributed by atoms with Gasteiger partial charge in [-0.1, -0.05) is 23.7 Å². The van der Waals surface area contributed by atoms with Crippen LogP contribution in [0.3, 0.4) is 0 Å². The molecule has 2 aliphatic rings. The average Bonchev–Trinajstić information content (AvgIpc) is 3.39. The van der Waals surface area contributed by atoms with Crippen molar-refractivity contribution >= 4 is 46.1 Å². The molecule has 3 atom stereocenters. The minimum Gasteiger partial charge on any atom is -0.368 e. The Balaban J connectivity index is 1.53. The molecule has 4 rings (SSSR count). The van der Waals surface area contributed by atoms with Gasteiger partial charge in [-0.25, -0.2) is 0 Å². The number of likely N-dealkylation sites (N-methyl/N-ethyl adjacent to an activating group) is 1. The number of para-hydroxylation sites is 1. The smallest absolute Gasteiger partial charge is 0.271 e. The maximum atomic E-state index is 13.4. The third-order valence-electron chi connectivity index (χ3n) is 6.33. The lowest BCUT2D eigenvalue weighted by Crippen LogP contribution is -2.62. The summed E-state index contributed by atoms with van der Waals surface area (Å²) in [6.45, 7) is 1.77. The van der Waals surface area contributed by atoms with E-state index in [1.54, 1.807) is 18.2 Å². The molecule has 2 aliphatic heterocycles. The molecule has 11 heteroatoms. The van der Waals surface area contributed by atoms with Crippen LogP contribution in [0.4, 0.5) is 0 Å². The molecule has 10 nitrogen and oxygen atoms in total. The van der Waals surface area contributed by atoms with Gasteiger partial charge in [-0.3, -0.25) is 19.2 Å². The third-order valence-corrected chi connectivity index (χ3v) is 6.64. The first-order chi connectivity index (χ1) is 15.7. The molecule has 0 bridgehead atoms. The number of primary amides is 1. The van der Waals surface area contributed by atoms with Gasteiger partial charge in [0.05, 0.1) is 10.5 Å². The number of nitrogens with zero attached hydrogens (tertiary/aromatic N) is 2. The summed E-state index contributed by atoms with van der Waals surface area (Å²) >= 11 is 6.23. The summed E-state index contributed by atoms with van der Waals surface area (Å²) in [5, 5.41) is 6.69. The molecule has 2 aromatic rings. The molecule has 176 valence electrons. The average molecular weight is 475 g/mol. The molecule has 2 fully saturated rings. The molecule has 4 amide bonds. The van der Waals surface area contributed by atoms with E-state index in [9.17, 15) is 19.2 Å². The first-order valence-corrected chi connectivity index (χ1v) is 11.3. The van der Waals surface area contributed by atoms with E-state index < -0.39 is 23.9 Å². The number of fused-ring (bicyclic) bond motifs is 1. The lowest BCUT2D eigenvalue weighted by molar-refractivity contribution is -0.132. The molecule has 0 aliphatic carbocycles. The van der Waals surface area contributed by atoms with E-state index in [4.69, 9.17) is 17.3 Å². The van der Waals surface area contributed by atoms with Crippen LogP contribution in [-0.4, -0.2) is 83.7 Å². The number of hydrogen-bond acceptors (Lipinski definition) is 5. The minimum atomic E-state index is -0.998. The van der Waals surface area contributed by atoms with E-state index in [0.717, 1.165) is 5.39 Å². The van der Waals surface area contributed by atoms with Gasteiger partial charge in [0.2, 0.25) is 17.7 Å². The van der Waals surface area contributed by atoms with Crippen molar-refractivity contribution in [3.63, 3.8) is 0 Å². The number of amides is 4. The summed E-state index contributed by atoms with van der Waals surface area (Å²) in [7, 11) is 1.86. The topological polar surface area (TPSA) is 141 Å². The van der Waals surface area contributed by atoms with Crippen molar-refractivity contribution in [2.75, 3.05) is 33.2 Å². The summed E-state index contributed by atoms with van der Waals surface area (Å²) in [6.07, 6.45) is 0.710. The van der Waals surface area contributed by atoms with E-state index in [2.05, 4.69) is 15.6 Å². The predicted octanol–water partition coefficient (Wildman–Crippen LogP) is 0.0738. The first-order valence-electron chi connectivity index (χ1n) is 10.9. The Kier molecular flexibility index (Phi) is 6.57. The number of rotatable bonds is 6. The van der Waals surface area contributed by atoms with Crippen molar-refractivity contribution in [3.8, 4) is 0 Å². The number of nitrogens with two attached hydrogens (primary N) is 1. The number of hydrogen-bond donors (Lipinski definition) is 4. The number of piperazine rings is 1. The lowest BCUT2D eigenvalue weighted by atomic mass is 9.97. The van der Waals surface area contributed by atoms with Gasteiger partial charge in [-0.05, 0) is 32.0 Å². The number of nitrogens with one attached hydrogen (secondary N) is 3. The highest BCUT2D eigenvalue weighted by Gasteiger charge is 2.38. The fourth-order valence-corrected chi connectivity index (χ4v) is 4.67. The van der Waals surface area contributed by atoms with Crippen LogP contribution >= 0.6 is 11.6 Å². The highest BCUT2D eigenvalue weighted by atomic mass is 35.5. The Morgan fingerprint density at radius 3 is 2.76 bits per heavy atom. The quantitative estimate of drug-likeness (QED) is 0.469. The van der Waals surface area contributed by atoms with Crippen LogP contribution in [0.25, 0.3) is 10.9 Å². The third kappa shape index (κ3) is 4.81. The zero-order chi connectivity index (χ0) is 23.7. The standard InChI is InChI=1S/C22H27ClN6O4/c1-28-7-8-29(22(33)16-9-12-3-2-4-14(23)18(12)26-16)17(11-28)21(32)27-15(19(24)30)10-13-5-6-25-20(13)31/h2-4,9,13,15,17,26H,5-8,10-11H2,1H3,(H2,24,30)(H,25,31)(H,27,32)/t13-,15-,17?/m0/s1. The Bertz CT molecular complexity index is 1100. The fraction of sp³-hybridized carbons (Fsp3) is 0.455. The number of carbonyl (C=O) groups excluding carboxylic acids is 4. The van der Waals surface area contributed by atoms with Crippen molar-refractivity contribution in [3.05, 3.63) is 35.0 Å². The zero-order valence-corrected chi connectivity index (χ0v) is 19.0. The monoisotopic (exact) mass is 474 g/mol. The largest absolute Gasteiger partial charge is 0.368 e. The highest BCUT2D eigenvalue weighted by Crippen LogP contribution is 2.25. The van der Waals surface area contributed by atoms with Crippen molar-refractivity contribution in [1.29, 1.82) is 0 Å². The molecular weight excluding hydrogens is 448 g/mol. The zero-order valence-electron chi connectivity index (χ0n) is 18.3. The van der Waals surface area contributed by atoms with Crippen LogP contribution in [0.15, 0.2) is 24.3 Å². The number of benzene rings is 1. The molecule has 3 heterocycles. The van der Waals surface area contributed by atoms with Crippen LogP contribution in [-0.2, 0) is 14.4 Å². The predicted molar refractivity (Wildman–Crippen MR) is 122 cm³/mol. The van der Waals surface area contributed by atoms with E-state index in [1.165, 1.54) is 4.90 Å². The maximum Gasteiger partial charge on any atom is 0.271 e. The van der Waals surface area contributed by atoms with Crippen LogP contribution in [0, 0.1) is 5.92 Å². The van der Waals surface area contributed by atoms with E-state index >= 15 is 0 Å². The molecule has 5 N–H and O–H groups in total. The summed E-state index contributed by atoms with van der Waals surface area (Å²) < 4.78 is 0. The van der Waals surface area contributed by atoms with Crippen LogP contribution in [0.5, 0.6) is 0 Å². The van der Waals surface area contributed by atoms with E-state index in [1.807, 2.05) is 18.0 Å². The SMILES string of the molecule is CN1CCN(C(=O)c2cc3cccc(Cl)c3[nH]2)C(C(=O)N[C@@H](C[C@@H]2CCNC2=O)C(N)=O)C1. The molecule has 0 saturated carbocycles. The van der Waals surface area contributed by atoms with Crippen molar-refractivity contribution in [1.82, 2.24) is 25.4 Å². The van der Waals surface area contributed by atoms with Gasteiger partial charge in [0.25, 0.3) is 5.91 Å². The second kappa shape index (κ2) is 9.40. The van der Waals surface area contributed by atoms with E-state index in [-0.39, 0.29) is 24.2 Å². The molecule has 0 spiro atoms. The van der Waals surface area contributed by atoms with Gasteiger partial charge in [-0.15, -0.1) is 0 Å². The van der Waals surface area contributed by atoms with Gasteiger partial charge >= 0.3 is 0 Å². The van der Waals surface area contributed by atoms with Crippen LogP contribution in [0.2, 0.25) is 5.02 Å². The second-order valence-electron chi connectivity index (χ2n) is 8.64. The minimum absolute atomic E-state index is 0.129. The lowest BCUT2D eigenvalue weighted by Gasteiger charge is -2.39. The molecule has 2 saturated heterocycles. The molecule has 0 radical (unpaired) electrons. The normalized spacial score (nSPS) is 22.2. The molecule has 1 unspecified atom stereocenters. The van der Waals surface area contributed by atoms with Gasteiger partial charge in [0.1, 0.15) is 17.8 Å². The number of carbonyl (C=O) groups is 4. The number of H-pyrrole nitrogens is 1. The summed E-state index contributed by atoms with van der Waals surface area (Å²) in [5.74, 6) is -2.06. The number of halogens is 1. The van der Waals surface area contributed by atoms with E-state index in [0.29, 0.717) is 48.8 Å².